The lowest BCUT2D eigenvalue weighted by Crippen LogP contribution is -2.47. The van der Waals surface area contributed by atoms with Gasteiger partial charge in [-0.25, -0.2) is 0 Å². The van der Waals surface area contributed by atoms with E-state index in [0.717, 1.165) is 57.4 Å². The first-order valence-corrected chi connectivity index (χ1v) is 8.79. The second-order valence-corrected chi connectivity index (χ2v) is 6.16. The Labute approximate surface area is 144 Å². The number of hydrogen-bond donors (Lipinski definition) is 1. The number of piperazine rings is 1. The van der Waals surface area contributed by atoms with Gasteiger partial charge in [0.15, 0.2) is 5.96 Å². The normalized spacial score (nSPS) is 16.7. The minimum Gasteiger partial charge on any atom is -0.370 e. The summed E-state index contributed by atoms with van der Waals surface area (Å²) in [4.78, 5) is 11.4. The first-order chi connectivity index (χ1) is 11.1. The van der Waals surface area contributed by atoms with Crippen LogP contribution in [0.25, 0.3) is 0 Å². The number of halogens is 1. The lowest BCUT2D eigenvalue weighted by molar-refractivity contribution is 0.264. The molecule has 0 radical (unpaired) electrons. The number of benzene rings is 1. The summed E-state index contributed by atoms with van der Waals surface area (Å²) in [6.45, 7) is 11.9. The van der Waals surface area contributed by atoms with Crippen LogP contribution in [0.5, 0.6) is 0 Å². The second kappa shape index (κ2) is 8.99. The standard InChI is InChI=1S/C17H28ClN5/c1-3-22(4-2)17(19)20-8-9-21-10-12-23(13-11-21)16-7-5-6-15(18)14-16/h5-7,14H,3-4,8-13H2,1-2H3,(H2,19,20). The first kappa shape index (κ1) is 17.9. The summed E-state index contributed by atoms with van der Waals surface area (Å²) in [6.07, 6.45) is 0. The van der Waals surface area contributed by atoms with Crippen LogP contribution < -0.4 is 10.6 Å². The minimum atomic E-state index is 0.660. The van der Waals surface area contributed by atoms with Crippen molar-refractivity contribution in [1.29, 1.82) is 0 Å². The lowest BCUT2D eigenvalue weighted by Gasteiger charge is -2.36. The number of aliphatic imine (C=N–C) groups is 1. The zero-order chi connectivity index (χ0) is 16.7. The minimum absolute atomic E-state index is 0.660. The molecule has 1 heterocycles. The SMILES string of the molecule is CCN(CC)C(N)=NCCN1CCN(c2cccc(Cl)c2)CC1. The lowest BCUT2D eigenvalue weighted by atomic mass is 10.2. The monoisotopic (exact) mass is 337 g/mol. The van der Waals surface area contributed by atoms with Crippen LogP contribution in [0.2, 0.25) is 5.02 Å². The molecule has 6 heteroatoms. The third-order valence-corrected chi connectivity index (χ3v) is 4.56. The molecule has 128 valence electrons. The molecule has 1 fully saturated rings. The van der Waals surface area contributed by atoms with E-state index in [-0.39, 0.29) is 0 Å². The van der Waals surface area contributed by atoms with Gasteiger partial charge in [0.05, 0.1) is 6.54 Å². The Balaban J connectivity index is 1.76. The molecular weight excluding hydrogens is 310 g/mol. The molecule has 1 aliphatic rings. The molecule has 5 nitrogen and oxygen atoms in total. The van der Waals surface area contributed by atoms with Crippen molar-refractivity contribution in [3.8, 4) is 0 Å². The average molecular weight is 338 g/mol. The van der Waals surface area contributed by atoms with Crippen LogP contribution in [0.4, 0.5) is 5.69 Å². The van der Waals surface area contributed by atoms with E-state index in [2.05, 4.69) is 39.6 Å². The van der Waals surface area contributed by atoms with Gasteiger partial charge in [0.25, 0.3) is 0 Å². The molecule has 0 saturated carbocycles. The van der Waals surface area contributed by atoms with Crippen molar-refractivity contribution >= 4 is 23.2 Å². The largest absolute Gasteiger partial charge is 0.370 e. The van der Waals surface area contributed by atoms with Crippen molar-refractivity contribution in [1.82, 2.24) is 9.80 Å². The average Bonchev–Trinajstić information content (AvgIpc) is 2.56. The molecular formula is C17H28ClN5. The highest BCUT2D eigenvalue weighted by molar-refractivity contribution is 6.30. The molecule has 0 atom stereocenters. The predicted molar refractivity (Wildman–Crippen MR) is 99.5 cm³/mol. The quantitative estimate of drug-likeness (QED) is 0.638. The van der Waals surface area contributed by atoms with E-state index in [0.29, 0.717) is 5.96 Å². The van der Waals surface area contributed by atoms with Gasteiger partial charge < -0.3 is 15.5 Å². The molecule has 1 aromatic carbocycles. The molecule has 1 aromatic rings. The van der Waals surface area contributed by atoms with Crippen LogP contribution in [-0.2, 0) is 0 Å². The van der Waals surface area contributed by atoms with Gasteiger partial charge in [-0.3, -0.25) is 9.89 Å². The van der Waals surface area contributed by atoms with E-state index in [1.54, 1.807) is 0 Å². The summed E-state index contributed by atoms with van der Waals surface area (Å²) in [7, 11) is 0. The van der Waals surface area contributed by atoms with Crippen molar-refractivity contribution < 1.29 is 0 Å². The Bertz CT molecular complexity index is 507. The fourth-order valence-corrected chi connectivity index (χ4v) is 3.04. The molecule has 0 aromatic heterocycles. The van der Waals surface area contributed by atoms with Gasteiger partial charge in [-0.1, -0.05) is 17.7 Å². The summed E-state index contributed by atoms with van der Waals surface area (Å²) in [5.41, 5.74) is 7.21. The van der Waals surface area contributed by atoms with Crippen molar-refractivity contribution in [2.24, 2.45) is 10.7 Å². The Morgan fingerprint density at radius 2 is 1.91 bits per heavy atom. The molecule has 0 spiro atoms. The van der Waals surface area contributed by atoms with Gasteiger partial charge in [0.1, 0.15) is 0 Å². The Hall–Kier alpha value is -1.46. The molecule has 1 saturated heterocycles. The van der Waals surface area contributed by atoms with E-state index >= 15 is 0 Å². The number of anilines is 1. The van der Waals surface area contributed by atoms with Crippen LogP contribution in [0.3, 0.4) is 0 Å². The summed E-state index contributed by atoms with van der Waals surface area (Å²) >= 11 is 6.07. The number of guanidine groups is 1. The van der Waals surface area contributed by atoms with Gasteiger partial charge in [-0.2, -0.15) is 0 Å². The highest BCUT2D eigenvalue weighted by Gasteiger charge is 2.16. The third kappa shape index (κ3) is 5.29. The highest BCUT2D eigenvalue weighted by Crippen LogP contribution is 2.20. The maximum Gasteiger partial charge on any atom is 0.191 e. The maximum atomic E-state index is 6.07. The fraction of sp³-hybridized carbons (Fsp3) is 0.588. The summed E-state index contributed by atoms with van der Waals surface area (Å²) in [5, 5.41) is 0.797. The van der Waals surface area contributed by atoms with E-state index in [9.17, 15) is 0 Å². The van der Waals surface area contributed by atoms with Gasteiger partial charge in [-0.05, 0) is 32.0 Å². The molecule has 1 aliphatic heterocycles. The smallest absolute Gasteiger partial charge is 0.191 e. The fourth-order valence-electron chi connectivity index (χ4n) is 2.86. The Morgan fingerprint density at radius 1 is 1.22 bits per heavy atom. The number of nitrogens with zero attached hydrogens (tertiary/aromatic N) is 4. The van der Waals surface area contributed by atoms with E-state index in [1.807, 2.05) is 18.2 Å². The number of hydrogen-bond acceptors (Lipinski definition) is 3. The van der Waals surface area contributed by atoms with Crippen molar-refractivity contribution in [3.05, 3.63) is 29.3 Å². The second-order valence-electron chi connectivity index (χ2n) is 5.72. The van der Waals surface area contributed by atoms with Gasteiger partial charge in [0, 0.05) is 56.5 Å². The molecule has 0 unspecified atom stereocenters. The molecule has 23 heavy (non-hydrogen) atoms. The number of rotatable bonds is 6. The van der Waals surface area contributed by atoms with Crippen LogP contribution in [0.1, 0.15) is 13.8 Å². The Morgan fingerprint density at radius 3 is 2.52 bits per heavy atom. The van der Waals surface area contributed by atoms with Crippen LogP contribution in [0, 0.1) is 0 Å². The molecule has 0 amide bonds. The van der Waals surface area contributed by atoms with Crippen molar-refractivity contribution in [3.63, 3.8) is 0 Å². The molecule has 2 rings (SSSR count). The molecule has 2 N–H and O–H groups in total. The van der Waals surface area contributed by atoms with Gasteiger partial charge in [0.2, 0.25) is 0 Å². The molecule has 0 bridgehead atoms. The van der Waals surface area contributed by atoms with Gasteiger partial charge >= 0.3 is 0 Å². The Kier molecular flexibility index (Phi) is 6.99. The number of nitrogens with two attached hydrogens (primary N) is 1. The van der Waals surface area contributed by atoms with Crippen LogP contribution >= 0.6 is 11.6 Å². The summed E-state index contributed by atoms with van der Waals surface area (Å²) < 4.78 is 0. The van der Waals surface area contributed by atoms with Gasteiger partial charge in [-0.15, -0.1) is 0 Å². The summed E-state index contributed by atoms with van der Waals surface area (Å²) in [5.74, 6) is 0.660. The molecule has 0 aliphatic carbocycles. The maximum absolute atomic E-state index is 6.07. The first-order valence-electron chi connectivity index (χ1n) is 8.41. The van der Waals surface area contributed by atoms with E-state index < -0.39 is 0 Å². The predicted octanol–water partition coefficient (Wildman–Crippen LogP) is 2.12. The zero-order valence-electron chi connectivity index (χ0n) is 14.2. The van der Waals surface area contributed by atoms with E-state index in [4.69, 9.17) is 17.3 Å². The summed E-state index contributed by atoms with van der Waals surface area (Å²) in [6, 6.07) is 8.08. The van der Waals surface area contributed by atoms with Crippen LogP contribution in [0.15, 0.2) is 29.3 Å². The zero-order valence-corrected chi connectivity index (χ0v) is 15.0. The highest BCUT2D eigenvalue weighted by atomic mass is 35.5. The van der Waals surface area contributed by atoms with E-state index in [1.165, 1.54) is 5.69 Å². The van der Waals surface area contributed by atoms with Crippen molar-refractivity contribution in [2.75, 3.05) is 57.3 Å². The third-order valence-electron chi connectivity index (χ3n) is 4.32. The van der Waals surface area contributed by atoms with Crippen LogP contribution in [-0.4, -0.2) is 68.1 Å². The topological polar surface area (TPSA) is 48.1 Å². The van der Waals surface area contributed by atoms with Crippen molar-refractivity contribution in [2.45, 2.75) is 13.8 Å².